The maximum Gasteiger partial charge on any atom is 0.328 e. The van der Waals surface area contributed by atoms with E-state index < -0.39 is 5.97 Å². The minimum absolute atomic E-state index is 0.399. The van der Waals surface area contributed by atoms with Crippen LogP contribution >= 0.6 is 11.3 Å². The Labute approximate surface area is 117 Å². The first-order valence-corrected chi connectivity index (χ1v) is 7.61. The van der Waals surface area contributed by atoms with Gasteiger partial charge in [-0.05, 0) is 54.7 Å². The molecule has 1 aromatic heterocycles. The molecule has 1 saturated carbocycles. The topological polar surface area (TPSA) is 46.5 Å². The molecule has 0 spiro atoms. The molecule has 1 fully saturated rings. The summed E-state index contributed by atoms with van der Waals surface area (Å²) in [4.78, 5) is 11.6. The molecule has 0 aromatic carbocycles. The second-order valence-corrected chi connectivity index (χ2v) is 6.21. The van der Waals surface area contributed by atoms with E-state index in [-0.39, 0.29) is 0 Å². The molecule has 1 heterocycles. The second kappa shape index (κ2) is 6.87. The first-order chi connectivity index (χ1) is 9.13. The van der Waals surface area contributed by atoms with Gasteiger partial charge in [-0.2, -0.15) is 0 Å². The van der Waals surface area contributed by atoms with Crippen LogP contribution in [0.3, 0.4) is 0 Å². The standard InChI is InChI=1S/C15H20O3S/c1-11-2-5-13(6-3-11)18-9-14-8-12(10-19-14)4-7-15(16)17/h4,7-8,10-11,13H,2-3,5-6,9H2,1H3,(H,16,17). The molecule has 0 radical (unpaired) electrons. The number of carboxylic acid groups (broad SMARTS) is 1. The van der Waals surface area contributed by atoms with Crippen molar-refractivity contribution in [2.24, 2.45) is 5.92 Å². The molecule has 1 N–H and O–H groups in total. The molecule has 104 valence electrons. The van der Waals surface area contributed by atoms with Crippen LogP contribution in [-0.4, -0.2) is 17.2 Å². The fourth-order valence-corrected chi connectivity index (χ4v) is 3.10. The highest BCUT2D eigenvalue weighted by molar-refractivity contribution is 7.10. The van der Waals surface area contributed by atoms with E-state index in [4.69, 9.17) is 9.84 Å². The van der Waals surface area contributed by atoms with Gasteiger partial charge in [0.2, 0.25) is 0 Å². The molecule has 1 aliphatic carbocycles. The molecule has 0 amide bonds. The molecule has 0 aliphatic heterocycles. The highest BCUT2D eigenvalue weighted by atomic mass is 32.1. The second-order valence-electron chi connectivity index (χ2n) is 5.21. The molecule has 3 nitrogen and oxygen atoms in total. The summed E-state index contributed by atoms with van der Waals surface area (Å²) in [6.45, 7) is 2.95. The summed E-state index contributed by atoms with van der Waals surface area (Å²) in [6.07, 6.45) is 8.04. The zero-order chi connectivity index (χ0) is 13.7. The van der Waals surface area contributed by atoms with Gasteiger partial charge in [-0.25, -0.2) is 4.79 Å². The van der Waals surface area contributed by atoms with Gasteiger partial charge >= 0.3 is 5.97 Å². The van der Waals surface area contributed by atoms with Gasteiger partial charge in [0.05, 0.1) is 12.7 Å². The third-order valence-electron chi connectivity index (χ3n) is 3.52. The summed E-state index contributed by atoms with van der Waals surface area (Å²) >= 11 is 1.62. The lowest BCUT2D eigenvalue weighted by molar-refractivity contribution is -0.131. The quantitative estimate of drug-likeness (QED) is 0.831. The van der Waals surface area contributed by atoms with Crippen molar-refractivity contribution in [3.8, 4) is 0 Å². The van der Waals surface area contributed by atoms with Gasteiger partial charge in [0.15, 0.2) is 0 Å². The van der Waals surface area contributed by atoms with Crippen molar-refractivity contribution in [1.29, 1.82) is 0 Å². The lowest BCUT2D eigenvalue weighted by Crippen LogP contribution is -2.20. The van der Waals surface area contributed by atoms with Gasteiger partial charge in [0, 0.05) is 11.0 Å². The molecule has 0 unspecified atom stereocenters. The molecule has 2 rings (SSSR count). The molecular weight excluding hydrogens is 260 g/mol. The van der Waals surface area contributed by atoms with Crippen molar-refractivity contribution in [2.45, 2.75) is 45.3 Å². The first-order valence-electron chi connectivity index (χ1n) is 6.73. The van der Waals surface area contributed by atoms with Crippen molar-refractivity contribution >= 4 is 23.4 Å². The smallest absolute Gasteiger partial charge is 0.328 e. The summed E-state index contributed by atoms with van der Waals surface area (Å²) in [5, 5.41) is 10.5. The van der Waals surface area contributed by atoms with E-state index in [1.165, 1.54) is 12.8 Å². The number of hydrogen-bond acceptors (Lipinski definition) is 3. The van der Waals surface area contributed by atoms with E-state index in [0.29, 0.717) is 12.7 Å². The molecule has 0 saturated heterocycles. The van der Waals surface area contributed by atoms with Gasteiger partial charge in [-0.15, -0.1) is 11.3 Å². The number of thiophene rings is 1. The van der Waals surface area contributed by atoms with Crippen LogP contribution in [0, 0.1) is 5.92 Å². The van der Waals surface area contributed by atoms with E-state index in [1.807, 2.05) is 11.4 Å². The summed E-state index contributed by atoms with van der Waals surface area (Å²) < 4.78 is 5.93. The summed E-state index contributed by atoms with van der Waals surface area (Å²) in [5.41, 5.74) is 0.934. The molecule has 0 atom stereocenters. The molecule has 19 heavy (non-hydrogen) atoms. The predicted molar refractivity (Wildman–Crippen MR) is 77.2 cm³/mol. The van der Waals surface area contributed by atoms with Gasteiger partial charge < -0.3 is 9.84 Å². The molecule has 4 heteroatoms. The third-order valence-corrected chi connectivity index (χ3v) is 4.45. The lowest BCUT2D eigenvalue weighted by atomic mass is 9.89. The normalized spacial score (nSPS) is 23.8. The summed E-state index contributed by atoms with van der Waals surface area (Å²) in [7, 11) is 0. The van der Waals surface area contributed by atoms with Crippen molar-refractivity contribution < 1.29 is 14.6 Å². The Bertz CT molecular complexity index is 442. The maximum absolute atomic E-state index is 10.4. The predicted octanol–water partition coefficient (Wildman–Crippen LogP) is 3.94. The zero-order valence-electron chi connectivity index (χ0n) is 11.2. The van der Waals surface area contributed by atoms with Gasteiger partial charge in [0.1, 0.15) is 0 Å². The number of carbonyl (C=O) groups is 1. The Morgan fingerprint density at radius 3 is 2.89 bits per heavy atom. The fraction of sp³-hybridized carbons (Fsp3) is 0.533. The Balaban J connectivity index is 1.78. The number of carboxylic acids is 1. The van der Waals surface area contributed by atoms with Crippen molar-refractivity contribution in [1.82, 2.24) is 0 Å². The van der Waals surface area contributed by atoms with E-state index in [0.717, 1.165) is 35.3 Å². The molecular formula is C15H20O3S. The molecule has 1 aromatic rings. The fourth-order valence-electron chi connectivity index (χ4n) is 2.32. The Morgan fingerprint density at radius 2 is 2.21 bits per heavy atom. The van der Waals surface area contributed by atoms with E-state index in [2.05, 4.69) is 6.92 Å². The summed E-state index contributed by atoms with van der Waals surface area (Å²) in [5.74, 6) is -0.0744. The van der Waals surface area contributed by atoms with Crippen molar-refractivity contribution in [3.05, 3.63) is 28.0 Å². The zero-order valence-corrected chi connectivity index (χ0v) is 12.0. The van der Waals surface area contributed by atoms with Crippen molar-refractivity contribution in [3.63, 3.8) is 0 Å². The molecule has 0 bridgehead atoms. The van der Waals surface area contributed by atoms with E-state index in [9.17, 15) is 4.79 Å². The SMILES string of the molecule is CC1CCC(OCc2cc(C=CC(=O)O)cs2)CC1. The van der Waals surface area contributed by atoms with Gasteiger partial charge in [0.25, 0.3) is 0 Å². The monoisotopic (exact) mass is 280 g/mol. The van der Waals surface area contributed by atoms with Crippen LogP contribution in [0.5, 0.6) is 0 Å². The lowest BCUT2D eigenvalue weighted by Gasteiger charge is -2.26. The number of rotatable bonds is 5. The van der Waals surface area contributed by atoms with E-state index in [1.54, 1.807) is 17.4 Å². The minimum atomic E-state index is -0.916. The highest BCUT2D eigenvalue weighted by Crippen LogP contribution is 2.27. The average Bonchev–Trinajstić information content (AvgIpc) is 2.84. The molecule has 1 aliphatic rings. The maximum atomic E-state index is 10.4. The number of ether oxygens (including phenoxy) is 1. The van der Waals surface area contributed by atoms with Gasteiger partial charge in [-0.3, -0.25) is 0 Å². The largest absolute Gasteiger partial charge is 0.478 e. The summed E-state index contributed by atoms with van der Waals surface area (Å²) in [6, 6.07) is 2.00. The first kappa shape index (κ1) is 14.3. The Kier molecular flexibility index (Phi) is 5.16. The number of aliphatic carboxylic acids is 1. The van der Waals surface area contributed by atoms with E-state index >= 15 is 0 Å². The Hall–Kier alpha value is -1.13. The van der Waals surface area contributed by atoms with Crippen LogP contribution < -0.4 is 0 Å². The highest BCUT2D eigenvalue weighted by Gasteiger charge is 2.18. The van der Waals surface area contributed by atoms with Crippen LogP contribution in [0.1, 0.15) is 43.0 Å². The Morgan fingerprint density at radius 1 is 1.47 bits per heavy atom. The van der Waals surface area contributed by atoms with Crippen LogP contribution in [0.25, 0.3) is 6.08 Å². The van der Waals surface area contributed by atoms with Gasteiger partial charge in [-0.1, -0.05) is 6.92 Å². The number of hydrogen-bond donors (Lipinski definition) is 1. The minimum Gasteiger partial charge on any atom is -0.478 e. The van der Waals surface area contributed by atoms with Crippen molar-refractivity contribution in [2.75, 3.05) is 0 Å². The van der Waals surface area contributed by atoms with Crippen LogP contribution in [0.2, 0.25) is 0 Å². The average molecular weight is 280 g/mol. The van der Waals surface area contributed by atoms with Crippen LogP contribution in [-0.2, 0) is 16.1 Å². The third kappa shape index (κ3) is 4.80. The van der Waals surface area contributed by atoms with Crippen LogP contribution in [0.4, 0.5) is 0 Å². The van der Waals surface area contributed by atoms with Crippen LogP contribution in [0.15, 0.2) is 17.5 Å².